The summed E-state index contributed by atoms with van der Waals surface area (Å²) in [6.45, 7) is 5.46. The minimum atomic E-state index is -0.895. The Bertz CT molecular complexity index is 407. The summed E-state index contributed by atoms with van der Waals surface area (Å²) in [5, 5.41) is 8.87. The first-order valence-electron chi connectivity index (χ1n) is 5.32. The number of carbonyl (C=O) groups is 1. The number of carboxylic acids is 1. The number of hydrogen-bond donors (Lipinski definition) is 1. The molecule has 1 aromatic heterocycles. The standard InChI is InChI=1S/C11H17N3O3/c1-7(2)14(6-11(15)16)9-5-10(17-4)13-8(3)12-9/h5,7H,6H2,1-4H3,(H,15,16). The third-order valence-corrected chi connectivity index (χ3v) is 2.23. The summed E-state index contributed by atoms with van der Waals surface area (Å²) in [6.07, 6.45) is 0. The zero-order valence-electron chi connectivity index (χ0n) is 10.5. The fraction of sp³-hybridized carbons (Fsp3) is 0.545. The largest absolute Gasteiger partial charge is 0.481 e. The Morgan fingerprint density at radius 2 is 2.18 bits per heavy atom. The van der Waals surface area contributed by atoms with Crippen molar-refractivity contribution >= 4 is 11.8 Å². The van der Waals surface area contributed by atoms with Gasteiger partial charge in [-0.2, -0.15) is 4.98 Å². The van der Waals surface area contributed by atoms with Crippen LogP contribution < -0.4 is 9.64 Å². The van der Waals surface area contributed by atoms with E-state index in [2.05, 4.69) is 9.97 Å². The number of hydrogen-bond acceptors (Lipinski definition) is 5. The molecule has 6 heteroatoms. The van der Waals surface area contributed by atoms with E-state index in [9.17, 15) is 4.79 Å². The zero-order chi connectivity index (χ0) is 13.0. The molecule has 0 unspecified atom stereocenters. The summed E-state index contributed by atoms with van der Waals surface area (Å²) in [5.41, 5.74) is 0. The summed E-state index contributed by atoms with van der Waals surface area (Å²) >= 11 is 0. The Morgan fingerprint density at radius 1 is 1.53 bits per heavy atom. The van der Waals surface area contributed by atoms with Crippen LogP contribution in [0.25, 0.3) is 0 Å². The Labute approximate surface area is 100 Å². The lowest BCUT2D eigenvalue weighted by molar-refractivity contribution is -0.135. The smallest absolute Gasteiger partial charge is 0.323 e. The van der Waals surface area contributed by atoms with E-state index >= 15 is 0 Å². The molecule has 0 fully saturated rings. The summed E-state index contributed by atoms with van der Waals surface area (Å²) in [7, 11) is 1.52. The number of methoxy groups -OCH3 is 1. The molecule has 1 N–H and O–H groups in total. The van der Waals surface area contributed by atoms with Gasteiger partial charge in [0.05, 0.1) is 7.11 Å². The quantitative estimate of drug-likeness (QED) is 0.829. The third kappa shape index (κ3) is 3.58. The lowest BCUT2D eigenvalue weighted by atomic mass is 10.3. The van der Waals surface area contributed by atoms with Crippen molar-refractivity contribution in [3.05, 3.63) is 11.9 Å². The molecule has 1 rings (SSSR count). The Morgan fingerprint density at radius 3 is 2.65 bits per heavy atom. The summed E-state index contributed by atoms with van der Waals surface area (Å²) in [4.78, 5) is 20.8. The van der Waals surface area contributed by atoms with Crippen LogP contribution in [-0.2, 0) is 4.79 Å². The highest BCUT2D eigenvalue weighted by Gasteiger charge is 2.17. The number of aryl methyl sites for hydroxylation is 1. The molecular weight excluding hydrogens is 222 g/mol. The van der Waals surface area contributed by atoms with Gasteiger partial charge in [0.25, 0.3) is 0 Å². The zero-order valence-corrected chi connectivity index (χ0v) is 10.5. The molecule has 94 valence electrons. The second kappa shape index (κ2) is 5.47. The number of aromatic nitrogens is 2. The Balaban J connectivity index is 3.08. The van der Waals surface area contributed by atoms with Crippen LogP contribution in [0.4, 0.5) is 5.82 Å². The van der Waals surface area contributed by atoms with E-state index in [4.69, 9.17) is 9.84 Å². The van der Waals surface area contributed by atoms with Gasteiger partial charge in [0.15, 0.2) is 0 Å². The predicted octanol–water partition coefficient (Wildman–Crippen LogP) is 1.09. The number of aliphatic carboxylic acids is 1. The monoisotopic (exact) mass is 239 g/mol. The second-order valence-electron chi connectivity index (χ2n) is 3.93. The van der Waals surface area contributed by atoms with Crippen LogP contribution in [-0.4, -0.2) is 40.7 Å². The van der Waals surface area contributed by atoms with E-state index in [0.717, 1.165) is 0 Å². The van der Waals surface area contributed by atoms with Gasteiger partial charge >= 0.3 is 5.97 Å². The first kappa shape index (κ1) is 13.2. The topological polar surface area (TPSA) is 75.5 Å². The summed E-state index contributed by atoms with van der Waals surface area (Å²) in [5.74, 6) is 0.652. The highest BCUT2D eigenvalue weighted by Crippen LogP contribution is 2.19. The fourth-order valence-corrected chi connectivity index (χ4v) is 1.45. The molecule has 1 heterocycles. The third-order valence-electron chi connectivity index (χ3n) is 2.23. The molecule has 0 amide bonds. The lowest BCUT2D eigenvalue weighted by Gasteiger charge is -2.26. The Kier molecular flexibility index (Phi) is 4.25. The fourth-order valence-electron chi connectivity index (χ4n) is 1.45. The molecule has 0 saturated heterocycles. The average Bonchev–Trinajstić information content (AvgIpc) is 2.24. The minimum Gasteiger partial charge on any atom is -0.481 e. The maximum Gasteiger partial charge on any atom is 0.323 e. The van der Waals surface area contributed by atoms with Gasteiger partial charge in [0, 0.05) is 12.1 Å². The minimum absolute atomic E-state index is 0.0325. The molecule has 0 saturated carbocycles. The lowest BCUT2D eigenvalue weighted by Crippen LogP contribution is -2.36. The van der Waals surface area contributed by atoms with Crippen molar-refractivity contribution in [1.82, 2.24) is 9.97 Å². The van der Waals surface area contributed by atoms with E-state index in [0.29, 0.717) is 17.5 Å². The van der Waals surface area contributed by atoms with E-state index in [-0.39, 0.29) is 12.6 Å². The molecule has 17 heavy (non-hydrogen) atoms. The van der Waals surface area contributed by atoms with Crippen molar-refractivity contribution in [3.63, 3.8) is 0 Å². The molecule has 0 aliphatic carbocycles. The highest BCUT2D eigenvalue weighted by atomic mass is 16.5. The molecule has 0 spiro atoms. The molecule has 0 atom stereocenters. The van der Waals surface area contributed by atoms with E-state index in [1.807, 2.05) is 13.8 Å². The molecule has 1 aromatic rings. The average molecular weight is 239 g/mol. The van der Waals surface area contributed by atoms with Gasteiger partial charge in [-0.05, 0) is 20.8 Å². The van der Waals surface area contributed by atoms with Gasteiger partial charge in [-0.1, -0.05) is 0 Å². The molecule has 0 bridgehead atoms. The molecule has 0 radical (unpaired) electrons. The molecule has 6 nitrogen and oxygen atoms in total. The number of nitrogens with zero attached hydrogens (tertiary/aromatic N) is 3. The summed E-state index contributed by atoms with van der Waals surface area (Å²) in [6, 6.07) is 1.67. The summed E-state index contributed by atoms with van der Waals surface area (Å²) < 4.78 is 5.05. The first-order valence-corrected chi connectivity index (χ1v) is 5.32. The van der Waals surface area contributed by atoms with Gasteiger partial charge in [-0.25, -0.2) is 4.98 Å². The maximum absolute atomic E-state index is 10.8. The molecule has 0 aliphatic rings. The van der Waals surface area contributed by atoms with Crippen molar-refractivity contribution in [2.24, 2.45) is 0 Å². The normalized spacial score (nSPS) is 10.4. The van der Waals surface area contributed by atoms with E-state index in [1.54, 1.807) is 17.9 Å². The second-order valence-corrected chi connectivity index (χ2v) is 3.93. The van der Waals surface area contributed by atoms with Gasteiger partial charge in [-0.15, -0.1) is 0 Å². The number of anilines is 1. The molecule has 0 aliphatic heterocycles. The van der Waals surface area contributed by atoms with E-state index in [1.165, 1.54) is 7.11 Å². The predicted molar refractivity (Wildman–Crippen MR) is 63.4 cm³/mol. The van der Waals surface area contributed by atoms with Crippen LogP contribution >= 0.6 is 0 Å². The van der Waals surface area contributed by atoms with Crippen molar-refractivity contribution < 1.29 is 14.6 Å². The van der Waals surface area contributed by atoms with Crippen LogP contribution in [0.2, 0.25) is 0 Å². The first-order chi connectivity index (χ1) is 7.93. The highest BCUT2D eigenvalue weighted by molar-refractivity contribution is 5.73. The number of carboxylic acid groups (broad SMARTS) is 1. The maximum atomic E-state index is 10.8. The van der Waals surface area contributed by atoms with Crippen molar-refractivity contribution in [3.8, 4) is 5.88 Å². The SMILES string of the molecule is COc1cc(N(CC(=O)O)C(C)C)nc(C)n1. The van der Waals surface area contributed by atoms with Gasteiger partial charge in [0.2, 0.25) is 5.88 Å². The van der Waals surface area contributed by atoms with Gasteiger partial charge < -0.3 is 14.7 Å². The van der Waals surface area contributed by atoms with Crippen LogP contribution in [0, 0.1) is 6.92 Å². The van der Waals surface area contributed by atoms with Crippen LogP contribution in [0.1, 0.15) is 19.7 Å². The van der Waals surface area contributed by atoms with Crippen LogP contribution in [0.3, 0.4) is 0 Å². The van der Waals surface area contributed by atoms with Crippen molar-refractivity contribution in [2.45, 2.75) is 26.8 Å². The Hall–Kier alpha value is -1.85. The van der Waals surface area contributed by atoms with Crippen molar-refractivity contribution in [2.75, 3.05) is 18.6 Å². The van der Waals surface area contributed by atoms with Gasteiger partial charge in [0.1, 0.15) is 18.2 Å². The van der Waals surface area contributed by atoms with Crippen LogP contribution in [0.5, 0.6) is 5.88 Å². The number of ether oxygens (including phenoxy) is 1. The number of rotatable bonds is 5. The van der Waals surface area contributed by atoms with E-state index < -0.39 is 5.97 Å². The molecule has 0 aromatic carbocycles. The van der Waals surface area contributed by atoms with Gasteiger partial charge in [-0.3, -0.25) is 4.79 Å². The molecular formula is C11H17N3O3. The van der Waals surface area contributed by atoms with Crippen molar-refractivity contribution in [1.29, 1.82) is 0 Å². The van der Waals surface area contributed by atoms with Crippen LogP contribution in [0.15, 0.2) is 6.07 Å².